The monoisotopic (exact) mass is 547 g/mol. The number of nitrogens with one attached hydrogen (secondary N) is 4. The number of carboxylic acid groups (broad SMARTS) is 1. The van der Waals surface area contributed by atoms with Gasteiger partial charge in [0.2, 0.25) is 17.7 Å². The summed E-state index contributed by atoms with van der Waals surface area (Å²) in [5.74, 6) is -2.65. The summed E-state index contributed by atoms with van der Waals surface area (Å²) in [6.45, 7) is 7.08. The molecule has 0 spiro atoms. The molecule has 7 N–H and O–H groups in total. The van der Waals surface area contributed by atoms with E-state index >= 15 is 0 Å². The van der Waals surface area contributed by atoms with Gasteiger partial charge in [-0.25, -0.2) is 4.79 Å². The third kappa shape index (κ3) is 8.49. The third-order valence-electron chi connectivity index (χ3n) is 6.73. The van der Waals surface area contributed by atoms with E-state index in [0.29, 0.717) is 18.6 Å². The van der Waals surface area contributed by atoms with Crippen molar-refractivity contribution in [2.45, 2.75) is 71.1 Å². The number of carbonyl (C=O) groups is 4. The number of fused-ring (bicyclic) bond motifs is 1. The zero-order chi connectivity index (χ0) is 28.4. The lowest BCUT2D eigenvalue weighted by Crippen LogP contribution is -2.59. The lowest BCUT2D eigenvalue weighted by atomic mass is 9.95. The molecular weight excluding hydrogens is 506 g/mol. The molecule has 0 aliphatic carbocycles. The van der Waals surface area contributed by atoms with Crippen LogP contribution in [-0.2, 0) is 25.6 Å². The second-order valence-electron chi connectivity index (χ2n) is 9.95. The van der Waals surface area contributed by atoms with Crippen molar-refractivity contribution < 1.29 is 24.3 Å². The standard InChI is InChI=1S/C27H41N5O5S/c1-6-16(4)23(26(35)31-22(15(2)3)27(36)37)32-25(34)21(30-24(33)19(28)11-12-38-5)13-17-14-29-20-10-8-7-9-18(17)20/h7-10,14-16,19,21-23,29H,6,11-13,28H2,1-5H3,(H,30,33)(H,31,35)(H,32,34)(H,36,37). The Kier molecular flexibility index (Phi) is 12.1. The maximum atomic E-state index is 13.6. The fourth-order valence-corrected chi connectivity index (χ4v) is 4.59. The second kappa shape index (κ2) is 14.8. The first-order valence-corrected chi connectivity index (χ1v) is 14.3. The first kappa shape index (κ1) is 31.2. The molecule has 1 aromatic carbocycles. The summed E-state index contributed by atoms with van der Waals surface area (Å²) in [5, 5.41) is 18.6. The Morgan fingerprint density at radius 1 is 1.00 bits per heavy atom. The highest BCUT2D eigenvalue weighted by Crippen LogP contribution is 2.20. The van der Waals surface area contributed by atoms with E-state index < -0.39 is 47.9 Å². The van der Waals surface area contributed by atoms with Gasteiger partial charge in [0, 0.05) is 23.5 Å². The average Bonchev–Trinajstić information content (AvgIpc) is 3.29. The minimum Gasteiger partial charge on any atom is -0.480 e. The summed E-state index contributed by atoms with van der Waals surface area (Å²) >= 11 is 1.57. The molecule has 10 nitrogen and oxygen atoms in total. The fourth-order valence-electron chi connectivity index (χ4n) is 4.10. The van der Waals surface area contributed by atoms with Gasteiger partial charge in [-0.3, -0.25) is 14.4 Å². The van der Waals surface area contributed by atoms with Gasteiger partial charge in [-0.1, -0.05) is 52.3 Å². The maximum absolute atomic E-state index is 13.6. The number of aromatic nitrogens is 1. The summed E-state index contributed by atoms with van der Waals surface area (Å²) in [5.41, 5.74) is 7.79. The van der Waals surface area contributed by atoms with Crippen LogP contribution in [0.2, 0.25) is 0 Å². The van der Waals surface area contributed by atoms with E-state index in [4.69, 9.17) is 5.73 Å². The van der Waals surface area contributed by atoms with E-state index in [2.05, 4.69) is 20.9 Å². The molecule has 0 aliphatic rings. The van der Waals surface area contributed by atoms with Crippen molar-refractivity contribution >= 4 is 46.4 Å². The number of nitrogens with two attached hydrogens (primary N) is 1. The summed E-state index contributed by atoms with van der Waals surface area (Å²) < 4.78 is 0. The van der Waals surface area contributed by atoms with Crippen LogP contribution < -0.4 is 21.7 Å². The molecule has 5 atom stereocenters. The maximum Gasteiger partial charge on any atom is 0.326 e. The number of amides is 3. The molecule has 38 heavy (non-hydrogen) atoms. The van der Waals surface area contributed by atoms with Crippen LogP contribution in [0, 0.1) is 11.8 Å². The Labute approximate surface area is 228 Å². The van der Waals surface area contributed by atoms with Crippen LogP contribution in [0.15, 0.2) is 30.5 Å². The van der Waals surface area contributed by atoms with Gasteiger partial charge < -0.3 is 31.8 Å². The molecule has 5 unspecified atom stereocenters. The molecule has 0 bridgehead atoms. The molecule has 0 aliphatic heterocycles. The Hall–Kier alpha value is -3.05. The van der Waals surface area contributed by atoms with Crippen molar-refractivity contribution in [3.05, 3.63) is 36.0 Å². The van der Waals surface area contributed by atoms with Gasteiger partial charge in [0.1, 0.15) is 18.1 Å². The van der Waals surface area contributed by atoms with Crippen molar-refractivity contribution in [3.63, 3.8) is 0 Å². The molecule has 210 valence electrons. The lowest BCUT2D eigenvalue weighted by Gasteiger charge is -2.28. The van der Waals surface area contributed by atoms with Crippen LogP contribution in [0.5, 0.6) is 0 Å². The number of H-pyrrole nitrogens is 1. The Morgan fingerprint density at radius 3 is 2.26 bits per heavy atom. The third-order valence-corrected chi connectivity index (χ3v) is 7.37. The molecule has 1 heterocycles. The number of hydrogen-bond donors (Lipinski definition) is 6. The van der Waals surface area contributed by atoms with Crippen molar-refractivity contribution in [1.29, 1.82) is 0 Å². The number of para-hydroxylation sites is 1. The predicted octanol–water partition coefficient (Wildman–Crippen LogP) is 2.03. The van der Waals surface area contributed by atoms with E-state index in [1.807, 2.05) is 37.4 Å². The van der Waals surface area contributed by atoms with Gasteiger partial charge in [0.05, 0.1) is 6.04 Å². The van der Waals surface area contributed by atoms with Crippen LogP contribution in [0.25, 0.3) is 10.9 Å². The van der Waals surface area contributed by atoms with E-state index in [1.165, 1.54) is 0 Å². The van der Waals surface area contributed by atoms with Gasteiger partial charge in [-0.15, -0.1) is 0 Å². The Balaban J connectivity index is 2.31. The number of carboxylic acids is 1. The van der Waals surface area contributed by atoms with Crippen molar-refractivity contribution in [2.75, 3.05) is 12.0 Å². The SMILES string of the molecule is CCC(C)C(NC(=O)C(Cc1c[nH]c2ccccc12)NC(=O)C(N)CCSC)C(=O)NC(C(=O)O)C(C)C. The average molecular weight is 548 g/mol. The highest BCUT2D eigenvalue weighted by atomic mass is 32.2. The number of rotatable bonds is 15. The summed E-state index contributed by atoms with van der Waals surface area (Å²) in [7, 11) is 0. The molecule has 0 fully saturated rings. The summed E-state index contributed by atoms with van der Waals surface area (Å²) in [4.78, 5) is 54.5. The predicted molar refractivity (Wildman–Crippen MR) is 151 cm³/mol. The zero-order valence-corrected chi connectivity index (χ0v) is 23.6. The van der Waals surface area contributed by atoms with Crippen LogP contribution >= 0.6 is 11.8 Å². The number of aliphatic carboxylic acids is 1. The number of thioether (sulfide) groups is 1. The van der Waals surface area contributed by atoms with E-state index in [0.717, 1.165) is 16.5 Å². The minimum atomic E-state index is -1.15. The van der Waals surface area contributed by atoms with Crippen LogP contribution in [0.1, 0.15) is 46.1 Å². The molecule has 0 radical (unpaired) electrons. The largest absolute Gasteiger partial charge is 0.480 e. The second-order valence-corrected chi connectivity index (χ2v) is 10.9. The van der Waals surface area contributed by atoms with Gasteiger partial charge in [0.15, 0.2) is 0 Å². The quantitative estimate of drug-likeness (QED) is 0.198. The normalized spacial score (nSPS) is 15.3. The molecule has 1 aromatic heterocycles. The summed E-state index contributed by atoms with van der Waals surface area (Å²) in [6.07, 6.45) is 4.92. The molecule has 0 saturated carbocycles. The number of aromatic amines is 1. The van der Waals surface area contributed by atoms with Gasteiger partial charge in [0.25, 0.3) is 0 Å². The van der Waals surface area contributed by atoms with E-state index in [1.54, 1.807) is 38.7 Å². The molecule has 11 heteroatoms. The lowest BCUT2D eigenvalue weighted by molar-refractivity contribution is -0.144. The minimum absolute atomic E-state index is 0.176. The van der Waals surface area contributed by atoms with Gasteiger partial charge >= 0.3 is 5.97 Å². The highest BCUT2D eigenvalue weighted by Gasteiger charge is 2.33. The molecule has 2 rings (SSSR count). The van der Waals surface area contributed by atoms with Crippen molar-refractivity contribution in [2.24, 2.45) is 17.6 Å². The molecule has 3 amide bonds. The van der Waals surface area contributed by atoms with Gasteiger partial charge in [-0.05, 0) is 41.9 Å². The van der Waals surface area contributed by atoms with Crippen molar-refractivity contribution in [1.82, 2.24) is 20.9 Å². The molecular formula is C27H41N5O5S. The van der Waals surface area contributed by atoms with Crippen LogP contribution in [0.4, 0.5) is 0 Å². The Bertz CT molecular complexity index is 1100. The molecule has 2 aromatic rings. The Morgan fingerprint density at radius 2 is 1.66 bits per heavy atom. The topological polar surface area (TPSA) is 166 Å². The van der Waals surface area contributed by atoms with Crippen molar-refractivity contribution in [3.8, 4) is 0 Å². The summed E-state index contributed by atoms with van der Waals surface area (Å²) in [6, 6.07) is 3.77. The number of benzene rings is 1. The van der Waals surface area contributed by atoms with Crippen LogP contribution in [-0.4, -0.2) is 70.0 Å². The molecule has 0 saturated heterocycles. The number of hydrogen-bond acceptors (Lipinski definition) is 6. The van der Waals surface area contributed by atoms with E-state index in [9.17, 15) is 24.3 Å². The first-order valence-electron chi connectivity index (χ1n) is 12.9. The fraction of sp³-hybridized carbons (Fsp3) is 0.556. The number of carbonyl (C=O) groups excluding carboxylic acids is 3. The van der Waals surface area contributed by atoms with Crippen LogP contribution in [0.3, 0.4) is 0 Å². The highest BCUT2D eigenvalue weighted by molar-refractivity contribution is 7.98. The first-order chi connectivity index (χ1) is 18.0. The zero-order valence-electron chi connectivity index (χ0n) is 22.7. The smallest absolute Gasteiger partial charge is 0.326 e. The van der Waals surface area contributed by atoms with Gasteiger partial charge in [-0.2, -0.15) is 11.8 Å². The van der Waals surface area contributed by atoms with E-state index in [-0.39, 0.29) is 18.3 Å².